The first-order valence-corrected chi connectivity index (χ1v) is 9.19. The quantitative estimate of drug-likeness (QED) is 0.586. The Labute approximate surface area is 152 Å². The molecule has 2 aromatic rings. The lowest BCUT2D eigenvalue weighted by molar-refractivity contribution is -0.124. The van der Waals surface area contributed by atoms with Gasteiger partial charge in [0.1, 0.15) is 6.61 Å². The van der Waals surface area contributed by atoms with Gasteiger partial charge in [0.15, 0.2) is 0 Å². The summed E-state index contributed by atoms with van der Waals surface area (Å²) in [6.07, 6.45) is 3.86. The highest BCUT2D eigenvalue weighted by Crippen LogP contribution is 2.17. The van der Waals surface area contributed by atoms with Gasteiger partial charge >= 0.3 is 0 Å². The zero-order valence-corrected chi connectivity index (χ0v) is 14.7. The molecule has 1 aliphatic heterocycles. The van der Waals surface area contributed by atoms with Gasteiger partial charge in [0.25, 0.3) is 5.91 Å². The summed E-state index contributed by atoms with van der Waals surface area (Å²) in [5.41, 5.74) is 2.23. The van der Waals surface area contributed by atoms with E-state index in [4.69, 9.17) is 4.84 Å². The van der Waals surface area contributed by atoms with Gasteiger partial charge in [0.05, 0.1) is 0 Å². The summed E-state index contributed by atoms with van der Waals surface area (Å²) in [4.78, 5) is 19.6. The Morgan fingerprint density at radius 2 is 1.80 bits per heavy atom. The van der Waals surface area contributed by atoms with Crippen LogP contribution in [0.25, 0.3) is 6.08 Å². The van der Waals surface area contributed by atoms with Crippen molar-refractivity contribution < 1.29 is 9.63 Å². The molecule has 0 unspecified atom stereocenters. The second kappa shape index (κ2) is 9.08. The van der Waals surface area contributed by atoms with Crippen LogP contribution in [-0.2, 0) is 16.2 Å². The highest BCUT2D eigenvalue weighted by Gasteiger charge is 2.26. The molecule has 0 radical (unpaired) electrons. The SMILES string of the molecule is O=C1/C(=N\OC/C=C/c2ccccc2)SCCN1Cc1ccccc1. The smallest absolute Gasteiger partial charge is 0.282 e. The molecule has 1 fully saturated rings. The maximum Gasteiger partial charge on any atom is 0.282 e. The lowest BCUT2D eigenvalue weighted by Crippen LogP contribution is -2.40. The average molecular weight is 352 g/mol. The summed E-state index contributed by atoms with van der Waals surface area (Å²) >= 11 is 1.45. The lowest BCUT2D eigenvalue weighted by Gasteiger charge is -2.26. The molecule has 0 aromatic heterocycles. The van der Waals surface area contributed by atoms with Gasteiger partial charge in [0, 0.05) is 18.8 Å². The van der Waals surface area contributed by atoms with Crippen LogP contribution >= 0.6 is 11.8 Å². The topological polar surface area (TPSA) is 41.9 Å². The van der Waals surface area contributed by atoms with Crippen LogP contribution in [0.5, 0.6) is 0 Å². The van der Waals surface area contributed by atoms with Crippen LogP contribution in [0.3, 0.4) is 0 Å². The molecule has 0 saturated carbocycles. The predicted octanol–water partition coefficient (Wildman–Crippen LogP) is 3.81. The number of hydrogen-bond donors (Lipinski definition) is 0. The number of oxime groups is 1. The Hall–Kier alpha value is -2.53. The summed E-state index contributed by atoms with van der Waals surface area (Å²) < 4.78 is 0. The molecule has 25 heavy (non-hydrogen) atoms. The van der Waals surface area contributed by atoms with Crippen molar-refractivity contribution in [1.82, 2.24) is 4.90 Å². The number of thioether (sulfide) groups is 1. The second-order valence-electron chi connectivity index (χ2n) is 5.57. The fourth-order valence-corrected chi connectivity index (χ4v) is 3.32. The lowest BCUT2D eigenvalue weighted by atomic mass is 10.2. The zero-order valence-electron chi connectivity index (χ0n) is 13.9. The predicted molar refractivity (Wildman–Crippen MR) is 103 cm³/mol. The van der Waals surface area contributed by atoms with E-state index in [1.54, 1.807) is 0 Å². The minimum absolute atomic E-state index is 0.0628. The molecule has 0 bridgehead atoms. The summed E-state index contributed by atoms with van der Waals surface area (Å²) in [5, 5.41) is 4.45. The van der Waals surface area contributed by atoms with Crippen molar-refractivity contribution in [2.45, 2.75) is 6.54 Å². The van der Waals surface area contributed by atoms with E-state index in [-0.39, 0.29) is 5.91 Å². The number of nitrogens with zero attached hydrogens (tertiary/aromatic N) is 2. The zero-order chi connectivity index (χ0) is 17.3. The van der Waals surface area contributed by atoms with Crippen LogP contribution < -0.4 is 0 Å². The second-order valence-corrected chi connectivity index (χ2v) is 6.65. The summed E-state index contributed by atoms with van der Waals surface area (Å²) in [6.45, 7) is 1.67. The van der Waals surface area contributed by atoms with E-state index in [9.17, 15) is 4.79 Å². The number of carbonyl (C=O) groups excluding carboxylic acids is 1. The van der Waals surface area contributed by atoms with E-state index >= 15 is 0 Å². The van der Waals surface area contributed by atoms with Crippen molar-refractivity contribution >= 4 is 28.8 Å². The number of hydrogen-bond acceptors (Lipinski definition) is 4. The monoisotopic (exact) mass is 352 g/mol. The molecule has 5 heteroatoms. The van der Waals surface area contributed by atoms with Crippen molar-refractivity contribution in [3.05, 3.63) is 77.9 Å². The maximum absolute atomic E-state index is 12.5. The first-order valence-electron chi connectivity index (χ1n) is 8.20. The molecule has 0 aliphatic carbocycles. The van der Waals surface area contributed by atoms with Crippen LogP contribution in [0, 0.1) is 0 Å². The summed E-state index contributed by atoms with van der Waals surface area (Å²) in [6, 6.07) is 20.0. The maximum atomic E-state index is 12.5. The minimum atomic E-state index is -0.0628. The third kappa shape index (κ3) is 5.22. The molecule has 0 N–H and O–H groups in total. The van der Waals surface area contributed by atoms with Gasteiger partial charge in [-0.3, -0.25) is 4.79 Å². The third-order valence-corrected chi connectivity index (χ3v) is 4.62. The molecule has 1 saturated heterocycles. The minimum Gasteiger partial charge on any atom is -0.390 e. The number of rotatable bonds is 6. The highest BCUT2D eigenvalue weighted by molar-refractivity contribution is 8.15. The van der Waals surface area contributed by atoms with Crippen molar-refractivity contribution in [2.24, 2.45) is 5.16 Å². The van der Waals surface area contributed by atoms with Gasteiger partial charge in [0.2, 0.25) is 5.04 Å². The fraction of sp³-hybridized carbons (Fsp3) is 0.200. The highest BCUT2D eigenvalue weighted by atomic mass is 32.2. The normalized spacial score (nSPS) is 16.6. The fourth-order valence-electron chi connectivity index (χ4n) is 2.46. The molecule has 0 spiro atoms. The largest absolute Gasteiger partial charge is 0.390 e. The number of carbonyl (C=O) groups is 1. The molecule has 1 heterocycles. The van der Waals surface area contributed by atoms with Crippen LogP contribution in [-0.4, -0.2) is 34.8 Å². The van der Waals surface area contributed by atoms with Crippen molar-refractivity contribution in [1.29, 1.82) is 0 Å². The first-order chi connectivity index (χ1) is 12.3. The molecular weight excluding hydrogens is 332 g/mol. The Bertz CT molecular complexity index is 745. The molecule has 4 nitrogen and oxygen atoms in total. The first kappa shape index (κ1) is 17.3. The van der Waals surface area contributed by atoms with E-state index in [1.807, 2.05) is 77.7 Å². The van der Waals surface area contributed by atoms with Gasteiger partial charge in [-0.1, -0.05) is 83.7 Å². The van der Waals surface area contributed by atoms with Crippen molar-refractivity contribution in [3.8, 4) is 0 Å². The number of amides is 1. The van der Waals surface area contributed by atoms with E-state index in [0.717, 1.165) is 23.4 Å². The van der Waals surface area contributed by atoms with Gasteiger partial charge in [-0.05, 0) is 17.2 Å². The van der Waals surface area contributed by atoms with Gasteiger partial charge in [-0.2, -0.15) is 0 Å². The van der Waals surface area contributed by atoms with Crippen molar-refractivity contribution in [2.75, 3.05) is 18.9 Å². The summed E-state index contributed by atoms with van der Waals surface area (Å²) in [5.74, 6) is 0.771. The van der Waals surface area contributed by atoms with Crippen LogP contribution in [0.1, 0.15) is 11.1 Å². The molecule has 128 valence electrons. The Morgan fingerprint density at radius 3 is 2.56 bits per heavy atom. The molecule has 0 atom stereocenters. The molecular formula is C20H20N2O2S. The van der Waals surface area contributed by atoms with Crippen LogP contribution in [0.4, 0.5) is 0 Å². The standard InChI is InChI=1S/C20H20N2O2S/c23-20-19(21-24-14-7-12-17-8-3-1-4-9-17)25-15-13-22(20)16-18-10-5-2-6-11-18/h1-12H,13-16H2/b12-7+,21-19+. The Kier molecular flexibility index (Phi) is 6.29. The van der Waals surface area contributed by atoms with Crippen LogP contribution in [0.15, 0.2) is 71.9 Å². The molecule has 2 aromatic carbocycles. The van der Waals surface area contributed by atoms with E-state index in [2.05, 4.69) is 5.16 Å². The van der Waals surface area contributed by atoms with E-state index in [0.29, 0.717) is 18.2 Å². The van der Waals surface area contributed by atoms with Crippen LogP contribution in [0.2, 0.25) is 0 Å². The Balaban J connectivity index is 1.52. The molecule has 3 rings (SSSR count). The van der Waals surface area contributed by atoms with Crippen molar-refractivity contribution in [3.63, 3.8) is 0 Å². The molecule has 1 aliphatic rings. The average Bonchev–Trinajstić information content (AvgIpc) is 2.66. The van der Waals surface area contributed by atoms with E-state index < -0.39 is 0 Å². The number of benzene rings is 2. The van der Waals surface area contributed by atoms with E-state index in [1.165, 1.54) is 11.8 Å². The van der Waals surface area contributed by atoms with Gasteiger partial charge in [-0.15, -0.1) is 0 Å². The third-order valence-electron chi connectivity index (χ3n) is 3.71. The van der Waals surface area contributed by atoms with Gasteiger partial charge < -0.3 is 9.74 Å². The summed E-state index contributed by atoms with van der Waals surface area (Å²) in [7, 11) is 0. The Morgan fingerprint density at radius 1 is 1.08 bits per heavy atom. The van der Waals surface area contributed by atoms with Gasteiger partial charge in [-0.25, -0.2) is 0 Å². The molecule has 1 amide bonds.